The fraction of sp³-hybridized carbons (Fsp3) is 0.0909. The molecule has 0 saturated heterocycles. The monoisotopic (exact) mass is 312 g/mol. The summed E-state index contributed by atoms with van der Waals surface area (Å²) in [7, 11) is 0. The molecule has 0 unspecified atom stereocenters. The molecule has 0 aliphatic rings. The normalized spacial score (nSPS) is 11.9. The van der Waals surface area contributed by atoms with Crippen molar-refractivity contribution in [2.45, 2.75) is 13.8 Å². The van der Waals surface area contributed by atoms with Gasteiger partial charge >= 0.3 is 0 Å². The van der Waals surface area contributed by atoms with Crippen LogP contribution < -0.4 is 0 Å². The second-order valence-corrected chi connectivity index (χ2v) is 7.40. The lowest BCUT2D eigenvalue weighted by molar-refractivity contribution is 1.54. The van der Waals surface area contributed by atoms with Gasteiger partial charge in [-0.3, -0.25) is 0 Å². The number of fused-ring (bicyclic) bond motifs is 7. The van der Waals surface area contributed by atoms with Gasteiger partial charge in [-0.2, -0.15) is 0 Å². The first kappa shape index (κ1) is 13.1. The SMILES string of the molecule is Cc1cccc2c1ccc1sc3ccc4c(C)cccc4c3c12. The summed E-state index contributed by atoms with van der Waals surface area (Å²) in [5.74, 6) is 0. The van der Waals surface area contributed by atoms with Gasteiger partial charge in [0.05, 0.1) is 0 Å². The van der Waals surface area contributed by atoms with Crippen LogP contribution in [0.15, 0.2) is 60.7 Å². The van der Waals surface area contributed by atoms with Gasteiger partial charge < -0.3 is 0 Å². The lowest BCUT2D eigenvalue weighted by atomic mass is 9.96. The van der Waals surface area contributed by atoms with Crippen LogP contribution in [0.4, 0.5) is 0 Å². The maximum atomic E-state index is 2.29. The van der Waals surface area contributed by atoms with Crippen LogP contribution in [-0.4, -0.2) is 0 Å². The molecule has 110 valence electrons. The van der Waals surface area contributed by atoms with Gasteiger partial charge in [0.1, 0.15) is 0 Å². The zero-order chi connectivity index (χ0) is 15.6. The minimum absolute atomic E-state index is 1.35. The van der Waals surface area contributed by atoms with E-state index < -0.39 is 0 Å². The number of thiophene rings is 1. The summed E-state index contributed by atoms with van der Waals surface area (Å²) >= 11 is 1.90. The first-order valence-corrected chi connectivity index (χ1v) is 8.78. The van der Waals surface area contributed by atoms with Gasteiger partial charge in [0.2, 0.25) is 0 Å². The predicted molar refractivity (Wildman–Crippen MR) is 104 cm³/mol. The first-order chi connectivity index (χ1) is 11.2. The van der Waals surface area contributed by atoms with E-state index in [-0.39, 0.29) is 0 Å². The van der Waals surface area contributed by atoms with Gasteiger partial charge in [-0.1, -0.05) is 48.5 Å². The van der Waals surface area contributed by atoms with Gasteiger partial charge in [-0.15, -0.1) is 11.3 Å². The summed E-state index contributed by atoms with van der Waals surface area (Å²) in [6.07, 6.45) is 0. The smallest absolute Gasteiger partial charge is 0.0362 e. The molecule has 0 atom stereocenters. The summed E-state index contributed by atoms with van der Waals surface area (Å²) in [5, 5.41) is 8.32. The summed E-state index contributed by atoms with van der Waals surface area (Å²) < 4.78 is 2.76. The maximum absolute atomic E-state index is 2.29. The Hall–Kier alpha value is -2.38. The molecule has 1 heterocycles. The molecule has 0 amide bonds. The largest absolute Gasteiger partial charge is 0.135 e. The van der Waals surface area contributed by atoms with Crippen molar-refractivity contribution >= 4 is 53.1 Å². The number of hydrogen-bond acceptors (Lipinski definition) is 1. The van der Waals surface area contributed by atoms with E-state index in [1.165, 1.54) is 52.8 Å². The molecule has 1 heteroatoms. The molecular weight excluding hydrogens is 296 g/mol. The zero-order valence-electron chi connectivity index (χ0n) is 13.2. The van der Waals surface area contributed by atoms with Crippen molar-refractivity contribution in [3.8, 4) is 0 Å². The van der Waals surface area contributed by atoms with Gasteiger partial charge in [0.15, 0.2) is 0 Å². The van der Waals surface area contributed by atoms with Crippen LogP contribution in [-0.2, 0) is 0 Å². The Kier molecular flexibility index (Phi) is 2.60. The molecule has 5 rings (SSSR count). The lowest BCUT2D eigenvalue weighted by Gasteiger charge is -2.06. The molecule has 0 bridgehead atoms. The van der Waals surface area contributed by atoms with Crippen molar-refractivity contribution in [3.05, 3.63) is 71.8 Å². The van der Waals surface area contributed by atoms with Crippen LogP contribution in [0.3, 0.4) is 0 Å². The molecule has 1 aromatic heterocycles. The van der Waals surface area contributed by atoms with E-state index in [2.05, 4.69) is 74.5 Å². The average Bonchev–Trinajstić information content (AvgIpc) is 2.95. The fourth-order valence-electron chi connectivity index (χ4n) is 3.79. The minimum atomic E-state index is 1.35. The molecule has 23 heavy (non-hydrogen) atoms. The fourth-order valence-corrected chi connectivity index (χ4v) is 4.93. The molecule has 0 N–H and O–H groups in total. The summed E-state index contributed by atoms with van der Waals surface area (Å²) in [6.45, 7) is 4.40. The maximum Gasteiger partial charge on any atom is 0.0362 e. The summed E-state index contributed by atoms with van der Waals surface area (Å²) in [6, 6.07) is 22.4. The Morgan fingerprint density at radius 1 is 0.522 bits per heavy atom. The molecule has 0 aliphatic heterocycles. The molecule has 4 aromatic carbocycles. The van der Waals surface area contributed by atoms with Gasteiger partial charge in [0.25, 0.3) is 0 Å². The first-order valence-electron chi connectivity index (χ1n) is 7.97. The summed E-state index contributed by atoms with van der Waals surface area (Å²) in [4.78, 5) is 0. The van der Waals surface area contributed by atoms with Crippen LogP contribution in [0.1, 0.15) is 11.1 Å². The Labute approximate surface area is 139 Å². The Balaban J connectivity index is 2.15. The highest BCUT2D eigenvalue weighted by molar-refractivity contribution is 7.26. The van der Waals surface area contributed by atoms with Crippen LogP contribution in [0.5, 0.6) is 0 Å². The van der Waals surface area contributed by atoms with Crippen LogP contribution in [0, 0.1) is 13.8 Å². The number of hydrogen-bond donors (Lipinski definition) is 0. The topological polar surface area (TPSA) is 0 Å². The van der Waals surface area contributed by atoms with Crippen LogP contribution in [0.2, 0.25) is 0 Å². The van der Waals surface area contributed by atoms with Crippen molar-refractivity contribution in [1.82, 2.24) is 0 Å². The highest BCUT2D eigenvalue weighted by Crippen LogP contribution is 2.42. The van der Waals surface area contributed by atoms with Crippen LogP contribution >= 0.6 is 11.3 Å². The van der Waals surface area contributed by atoms with Crippen LogP contribution in [0.25, 0.3) is 41.7 Å². The molecule has 0 radical (unpaired) electrons. The van der Waals surface area contributed by atoms with E-state index >= 15 is 0 Å². The Morgan fingerprint density at radius 3 is 1.48 bits per heavy atom. The van der Waals surface area contributed by atoms with E-state index in [1.807, 2.05) is 11.3 Å². The third-order valence-electron chi connectivity index (χ3n) is 4.95. The van der Waals surface area contributed by atoms with E-state index in [0.717, 1.165) is 0 Å². The zero-order valence-corrected chi connectivity index (χ0v) is 14.0. The number of aryl methyl sites for hydroxylation is 2. The second-order valence-electron chi connectivity index (χ2n) is 6.32. The van der Waals surface area contributed by atoms with Crippen molar-refractivity contribution in [2.24, 2.45) is 0 Å². The Bertz CT molecular complexity index is 1130. The predicted octanol–water partition coefficient (Wildman–Crippen LogP) is 6.98. The molecule has 0 aliphatic carbocycles. The quantitative estimate of drug-likeness (QED) is 0.289. The van der Waals surface area contributed by atoms with Crippen molar-refractivity contribution < 1.29 is 0 Å². The van der Waals surface area contributed by atoms with E-state index in [0.29, 0.717) is 0 Å². The van der Waals surface area contributed by atoms with Gasteiger partial charge in [-0.25, -0.2) is 0 Å². The third-order valence-corrected chi connectivity index (χ3v) is 6.07. The van der Waals surface area contributed by atoms with Crippen molar-refractivity contribution in [2.75, 3.05) is 0 Å². The Morgan fingerprint density at radius 2 is 1.00 bits per heavy atom. The third kappa shape index (κ3) is 1.71. The van der Waals surface area contributed by atoms with Gasteiger partial charge in [-0.05, 0) is 58.7 Å². The highest BCUT2D eigenvalue weighted by atomic mass is 32.1. The van der Waals surface area contributed by atoms with Gasteiger partial charge in [0, 0.05) is 20.2 Å². The van der Waals surface area contributed by atoms with Crippen molar-refractivity contribution in [3.63, 3.8) is 0 Å². The molecule has 5 aromatic rings. The highest BCUT2D eigenvalue weighted by Gasteiger charge is 2.12. The van der Waals surface area contributed by atoms with E-state index in [4.69, 9.17) is 0 Å². The van der Waals surface area contributed by atoms with E-state index in [1.54, 1.807) is 0 Å². The summed E-state index contributed by atoms with van der Waals surface area (Å²) in [5.41, 5.74) is 2.69. The van der Waals surface area contributed by atoms with E-state index in [9.17, 15) is 0 Å². The molecule has 0 fully saturated rings. The number of benzene rings is 4. The molecular formula is C22H16S. The minimum Gasteiger partial charge on any atom is -0.135 e. The van der Waals surface area contributed by atoms with Crippen molar-refractivity contribution in [1.29, 1.82) is 0 Å². The number of rotatable bonds is 0. The lowest BCUT2D eigenvalue weighted by Crippen LogP contribution is -1.81. The standard InChI is InChI=1S/C22H16S/c1-13-5-3-7-17-15(13)9-11-19-21(17)22-18-8-4-6-14(2)16(18)10-12-20(22)23-19/h3-12H,1-2H3. The second kappa shape index (κ2) is 4.56. The molecule has 0 spiro atoms. The average molecular weight is 312 g/mol. The molecule has 0 saturated carbocycles. The molecule has 0 nitrogen and oxygen atoms in total.